The van der Waals surface area contributed by atoms with Crippen LogP contribution in [-0.2, 0) is 0 Å². The highest BCUT2D eigenvalue weighted by Crippen LogP contribution is 2.32. The van der Waals surface area contributed by atoms with Gasteiger partial charge in [0.25, 0.3) is 0 Å². The molecule has 30 heavy (non-hydrogen) atoms. The predicted octanol–water partition coefficient (Wildman–Crippen LogP) is 2.41. The maximum atomic E-state index is 8.49. The van der Waals surface area contributed by atoms with Crippen molar-refractivity contribution in [2.24, 2.45) is 0 Å². The molecule has 0 spiro atoms. The van der Waals surface area contributed by atoms with Crippen LogP contribution in [-0.4, -0.2) is 0 Å². The van der Waals surface area contributed by atoms with Gasteiger partial charge in [-0.25, -0.2) is 23.1 Å². The third kappa shape index (κ3) is 6.88. The van der Waals surface area contributed by atoms with E-state index < -0.39 is 10.2 Å². The van der Waals surface area contributed by atoms with Crippen molar-refractivity contribution >= 4 is 22.6 Å². The van der Waals surface area contributed by atoms with Crippen LogP contribution in [0.1, 0.15) is 0 Å². The lowest BCUT2D eigenvalue weighted by molar-refractivity contribution is -2.00. The third-order valence-electron chi connectivity index (χ3n) is 4.09. The molecule has 7 heteroatoms. The molecule has 0 aliphatic heterocycles. The van der Waals surface area contributed by atoms with Crippen LogP contribution in [0, 0.1) is 13.8 Å². The Bertz CT molecular complexity index is 1020. The summed E-state index contributed by atoms with van der Waals surface area (Å²) in [5, 5.41) is 0. The van der Waals surface area contributed by atoms with E-state index in [1.807, 2.05) is 24.3 Å². The summed E-state index contributed by atoms with van der Waals surface area (Å²) >= 11 is 2.32. The topological polar surface area (TPSA) is 104 Å². The van der Waals surface area contributed by atoms with E-state index in [-0.39, 0.29) is 0 Å². The molecule has 0 amide bonds. The van der Waals surface area contributed by atoms with Crippen LogP contribution in [0.5, 0.6) is 0 Å². The molecule has 0 fully saturated rings. The average molecular weight is 535 g/mol. The Hall–Kier alpha value is -2.33. The minimum Gasteiger partial charge on any atom is -0.222 e. The van der Waals surface area contributed by atoms with Crippen LogP contribution in [0.4, 0.5) is 0 Å². The standard InChI is InChI=1S/C23H16IO.ClHO4/c24-21-13-11-19(12-14-21)23-16-20(17-7-3-1-4-8-17)15-22(25-23)18-9-5-2-6-10-18;2-1(3,4)5/h1-16H;(H,2,3,4,5)/q+1;/p-1. The molecule has 0 bridgehead atoms. The van der Waals surface area contributed by atoms with E-state index in [1.54, 1.807) is 0 Å². The van der Waals surface area contributed by atoms with E-state index in [1.165, 1.54) is 9.13 Å². The normalized spacial score (nSPS) is 10.8. The fraction of sp³-hybridized carbons (Fsp3) is 0. The van der Waals surface area contributed by atoms with Gasteiger partial charge in [-0.15, -0.1) is 10.2 Å². The molecule has 5 nitrogen and oxygen atoms in total. The monoisotopic (exact) mass is 534 g/mol. The maximum absolute atomic E-state index is 8.49. The van der Waals surface area contributed by atoms with Crippen molar-refractivity contribution < 1.29 is 33.3 Å². The van der Waals surface area contributed by atoms with Gasteiger partial charge in [-0.05, 0) is 64.6 Å². The highest BCUT2D eigenvalue weighted by molar-refractivity contribution is 14.1. The van der Waals surface area contributed by atoms with Crippen molar-refractivity contribution in [3.05, 3.63) is 101 Å². The Morgan fingerprint density at radius 1 is 0.533 bits per heavy atom. The van der Waals surface area contributed by atoms with Crippen molar-refractivity contribution in [3.8, 4) is 33.8 Å². The van der Waals surface area contributed by atoms with E-state index in [2.05, 4.69) is 95.4 Å². The number of benzene rings is 3. The zero-order valence-corrected chi connectivity index (χ0v) is 18.4. The summed E-state index contributed by atoms with van der Waals surface area (Å²) in [4.78, 5) is 0. The summed E-state index contributed by atoms with van der Waals surface area (Å²) in [7, 11) is -4.94. The molecule has 0 saturated carbocycles. The molecule has 0 aliphatic rings. The highest BCUT2D eigenvalue weighted by Gasteiger charge is 2.20. The summed E-state index contributed by atoms with van der Waals surface area (Å²) in [6, 6.07) is 33.3. The van der Waals surface area contributed by atoms with Crippen LogP contribution in [0.25, 0.3) is 33.8 Å². The van der Waals surface area contributed by atoms with Gasteiger partial charge in [0.1, 0.15) is 0 Å². The van der Waals surface area contributed by atoms with E-state index >= 15 is 0 Å². The van der Waals surface area contributed by atoms with Gasteiger partial charge in [0.2, 0.25) is 0 Å². The molecule has 152 valence electrons. The quantitative estimate of drug-likeness (QED) is 0.297. The number of hydrogen-bond donors (Lipinski definition) is 0. The second-order valence-electron chi connectivity index (χ2n) is 6.19. The summed E-state index contributed by atoms with van der Waals surface area (Å²) < 4.78 is 41.4. The number of hydrogen-bond acceptors (Lipinski definition) is 4. The summed E-state index contributed by atoms with van der Waals surface area (Å²) in [5.41, 5.74) is 4.49. The fourth-order valence-corrected chi connectivity index (χ4v) is 3.16. The SMILES string of the molecule is Ic1ccc(-c2cc(-c3ccccc3)cc(-c3ccccc3)[o+]2)cc1.[O-][Cl+3]([O-])([O-])[O-]. The first-order valence-corrected chi connectivity index (χ1v) is 11.1. The molecule has 0 N–H and O–H groups in total. The summed E-state index contributed by atoms with van der Waals surface area (Å²) in [5.74, 6) is 1.74. The molecule has 0 atom stereocenters. The molecule has 0 saturated heterocycles. The van der Waals surface area contributed by atoms with Crippen molar-refractivity contribution in [1.82, 2.24) is 0 Å². The Morgan fingerprint density at radius 2 is 0.933 bits per heavy atom. The van der Waals surface area contributed by atoms with Crippen LogP contribution in [0.15, 0.2) is 101 Å². The van der Waals surface area contributed by atoms with Gasteiger partial charge >= 0.3 is 11.5 Å². The molecule has 1 heterocycles. The minimum atomic E-state index is -4.94. The Kier molecular flexibility index (Phi) is 7.54. The van der Waals surface area contributed by atoms with Crippen molar-refractivity contribution in [2.75, 3.05) is 0 Å². The number of halogens is 2. The van der Waals surface area contributed by atoms with E-state index in [0.717, 1.165) is 28.2 Å². The zero-order valence-electron chi connectivity index (χ0n) is 15.5. The lowest BCUT2D eigenvalue weighted by atomic mass is 10.0. The fourth-order valence-electron chi connectivity index (χ4n) is 2.80. The van der Waals surface area contributed by atoms with Gasteiger partial charge in [-0.3, -0.25) is 0 Å². The van der Waals surface area contributed by atoms with E-state index in [0.29, 0.717) is 0 Å². The molecule has 0 radical (unpaired) electrons. The van der Waals surface area contributed by atoms with Gasteiger partial charge in [-0.1, -0.05) is 48.5 Å². The van der Waals surface area contributed by atoms with Crippen LogP contribution in [0.3, 0.4) is 0 Å². The lowest BCUT2D eigenvalue weighted by Gasteiger charge is -2.17. The molecule has 0 unspecified atom stereocenters. The average Bonchev–Trinajstić information content (AvgIpc) is 2.74. The van der Waals surface area contributed by atoms with Gasteiger partial charge in [-0.2, -0.15) is 0 Å². The van der Waals surface area contributed by atoms with Crippen molar-refractivity contribution in [2.45, 2.75) is 0 Å². The first kappa shape index (κ1) is 22.4. The molecule has 4 rings (SSSR count). The van der Waals surface area contributed by atoms with Gasteiger partial charge < -0.3 is 0 Å². The first-order chi connectivity index (χ1) is 14.3. The maximum Gasteiger partial charge on any atom is 0.361 e. The molecule has 0 aliphatic carbocycles. The molecule has 4 aromatic rings. The zero-order chi connectivity index (χ0) is 21.6. The van der Waals surface area contributed by atoms with Gasteiger partial charge in [0, 0.05) is 9.13 Å². The third-order valence-corrected chi connectivity index (χ3v) is 4.81. The van der Waals surface area contributed by atoms with Crippen LogP contribution in [0.2, 0.25) is 0 Å². The van der Waals surface area contributed by atoms with Crippen molar-refractivity contribution in [1.29, 1.82) is 0 Å². The molecular weight excluding hydrogens is 519 g/mol. The van der Waals surface area contributed by atoms with Gasteiger partial charge in [0.05, 0.1) is 23.3 Å². The van der Waals surface area contributed by atoms with E-state index in [4.69, 9.17) is 23.1 Å². The number of rotatable bonds is 3. The smallest absolute Gasteiger partial charge is 0.222 e. The molecule has 3 aromatic carbocycles. The Labute approximate surface area is 189 Å². The molecular formula is C23H16ClIO5. The van der Waals surface area contributed by atoms with Crippen LogP contribution >= 0.6 is 22.6 Å². The Balaban J connectivity index is 0.000000461. The first-order valence-electron chi connectivity index (χ1n) is 8.76. The second-order valence-corrected chi connectivity index (χ2v) is 8.19. The van der Waals surface area contributed by atoms with Gasteiger partial charge in [0.15, 0.2) is 0 Å². The summed E-state index contributed by atoms with van der Waals surface area (Å²) in [6.45, 7) is 0. The predicted molar refractivity (Wildman–Crippen MR) is 112 cm³/mol. The Morgan fingerprint density at radius 3 is 1.40 bits per heavy atom. The second kappa shape index (κ2) is 10.1. The lowest BCUT2D eigenvalue weighted by Crippen LogP contribution is -2.68. The van der Waals surface area contributed by atoms with Crippen molar-refractivity contribution in [3.63, 3.8) is 0 Å². The molecule has 1 aromatic heterocycles. The largest absolute Gasteiger partial charge is 0.361 e. The highest BCUT2D eigenvalue weighted by atomic mass is 127. The minimum absolute atomic E-state index is 0.871. The van der Waals surface area contributed by atoms with Crippen LogP contribution < -0.4 is 18.6 Å². The summed E-state index contributed by atoms with van der Waals surface area (Å²) in [6.07, 6.45) is 0. The van der Waals surface area contributed by atoms with E-state index in [9.17, 15) is 0 Å².